The molecule has 1 N–H and O–H groups in total. The molecule has 0 radical (unpaired) electrons. The second kappa shape index (κ2) is 9.08. The number of piperidine rings is 1. The Balaban J connectivity index is 1.43. The number of amides is 3. The van der Waals surface area contributed by atoms with Crippen molar-refractivity contribution in [1.82, 2.24) is 15.1 Å². The third kappa shape index (κ3) is 4.70. The van der Waals surface area contributed by atoms with Gasteiger partial charge in [0.25, 0.3) is 0 Å². The van der Waals surface area contributed by atoms with E-state index in [0.29, 0.717) is 39.0 Å². The Kier molecular flexibility index (Phi) is 6.36. The molecule has 2 heterocycles. The molecule has 2 aromatic rings. The number of carbonyl (C=O) groups excluding carboxylic acids is 2. The Morgan fingerprint density at radius 1 is 1.00 bits per heavy atom. The highest BCUT2D eigenvalue weighted by molar-refractivity contribution is 5.77. The van der Waals surface area contributed by atoms with E-state index >= 15 is 0 Å². The van der Waals surface area contributed by atoms with Crippen molar-refractivity contribution in [3.8, 4) is 0 Å². The summed E-state index contributed by atoms with van der Waals surface area (Å²) >= 11 is 0. The number of hydrogen-bond acceptors (Lipinski definition) is 2. The van der Waals surface area contributed by atoms with Crippen LogP contribution in [0.3, 0.4) is 0 Å². The van der Waals surface area contributed by atoms with Gasteiger partial charge in [0.05, 0.1) is 5.56 Å². The van der Waals surface area contributed by atoms with Gasteiger partial charge in [-0.3, -0.25) is 4.79 Å². The van der Waals surface area contributed by atoms with Gasteiger partial charge in [-0.05, 0) is 42.0 Å². The summed E-state index contributed by atoms with van der Waals surface area (Å²) in [5, 5.41) is 2.70. The third-order valence-corrected chi connectivity index (χ3v) is 6.95. The molecule has 5 nitrogen and oxygen atoms in total. The lowest BCUT2D eigenvalue weighted by Crippen LogP contribution is -2.55. The number of nitrogens with one attached hydrogen (secondary N) is 1. The first kappa shape index (κ1) is 23.1. The lowest BCUT2D eigenvalue weighted by Gasteiger charge is -2.48. The number of aryl methyl sites for hydroxylation is 1. The Morgan fingerprint density at radius 3 is 2.36 bits per heavy atom. The summed E-state index contributed by atoms with van der Waals surface area (Å²) in [6, 6.07) is 13.4. The van der Waals surface area contributed by atoms with E-state index in [9.17, 15) is 22.8 Å². The molecule has 0 saturated carbocycles. The molecular weight excluding hydrogens is 431 g/mol. The molecule has 8 heteroatoms. The van der Waals surface area contributed by atoms with Crippen LogP contribution in [0.4, 0.5) is 18.0 Å². The second-order valence-electron chi connectivity index (χ2n) is 8.88. The van der Waals surface area contributed by atoms with Crippen LogP contribution in [0.15, 0.2) is 48.5 Å². The van der Waals surface area contributed by atoms with Gasteiger partial charge in [0, 0.05) is 45.1 Å². The van der Waals surface area contributed by atoms with E-state index in [-0.39, 0.29) is 35.8 Å². The van der Waals surface area contributed by atoms with E-state index in [1.54, 1.807) is 18.0 Å². The summed E-state index contributed by atoms with van der Waals surface area (Å²) < 4.78 is 39.7. The average Bonchev–Trinajstić information content (AvgIpc) is 2.82. The zero-order valence-electron chi connectivity index (χ0n) is 18.6. The Bertz CT molecular complexity index is 1030. The zero-order valence-corrected chi connectivity index (χ0v) is 18.6. The van der Waals surface area contributed by atoms with Crippen LogP contribution >= 0.6 is 0 Å². The molecule has 176 valence electrons. The van der Waals surface area contributed by atoms with E-state index in [4.69, 9.17) is 0 Å². The van der Waals surface area contributed by atoms with Gasteiger partial charge in [-0.15, -0.1) is 0 Å². The lowest BCUT2D eigenvalue weighted by atomic mass is 9.69. The summed E-state index contributed by atoms with van der Waals surface area (Å²) in [5.41, 5.74) is 1.60. The molecule has 3 amide bonds. The van der Waals surface area contributed by atoms with Crippen molar-refractivity contribution >= 4 is 11.9 Å². The van der Waals surface area contributed by atoms with Gasteiger partial charge < -0.3 is 15.1 Å². The summed E-state index contributed by atoms with van der Waals surface area (Å²) in [6.45, 7) is 2.19. The molecule has 1 saturated heterocycles. The third-order valence-electron chi connectivity index (χ3n) is 6.95. The normalized spacial score (nSPS) is 17.6. The molecule has 0 unspecified atom stereocenters. The van der Waals surface area contributed by atoms with E-state index in [1.165, 1.54) is 17.7 Å². The molecule has 2 aliphatic heterocycles. The molecule has 0 aliphatic carbocycles. The number of nitrogens with zero attached hydrogens (tertiary/aromatic N) is 2. The summed E-state index contributed by atoms with van der Waals surface area (Å²) in [6.07, 6.45) is -2.91. The van der Waals surface area contributed by atoms with Crippen molar-refractivity contribution in [1.29, 1.82) is 0 Å². The van der Waals surface area contributed by atoms with Crippen molar-refractivity contribution in [2.45, 2.75) is 43.8 Å². The summed E-state index contributed by atoms with van der Waals surface area (Å²) in [7, 11) is 1.62. The van der Waals surface area contributed by atoms with Gasteiger partial charge in [0.2, 0.25) is 5.91 Å². The van der Waals surface area contributed by atoms with Crippen LogP contribution in [0.5, 0.6) is 0 Å². The topological polar surface area (TPSA) is 52.7 Å². The minimum Gasteiger partial charge on any atom is -0.343 e. The standard InChI is InChI=1S/C25H28F3N3O2/c1-29-23(33)31-16-19-7-3-4-8-20(19)24(17-31)12-14-30(15-13-24)22(32)11-10-18-6-2-5-9-21(18)25(26,27)28/h2-9H,10-17H2,1H3,(H,29,33). The highest BCUT2D eigenvalue weighted by Crippen LogP contribution is 2.42. The van der Waals surface area contributed by atoms with Crippen molar-refractivity contribution in [3.63, 3.8) is 0 Å². The number of rotatable bonds is 3. The minimum absolute atomic E-state index is 0.0427. The SMILES string of the molecule is CNC(=O)N1Cc2ccccc2C2(CCN(C(=O)CCc3ccccc3C(F)(F)F)CC2)C1. The van der Waals surface area contributed by atoms with E-state index in [2.05, 4.69) is 11.4 Å². The number of benzene rings is 2. The Morgan fingerprint density at radius 2 is 1.67 bits per heavy atom. The maximum atomic E-state index is 13.2. The molecule has 0 bridgehead atoms. The molecular formula is C25H28F3N3O2. The molecule has 1 spiro atoms. The van der Waals surface area contributed by atoms with Crippen LogP contribution < -0.4 is 5.32 Å². The Hall–Kier alpha value is -3.03. The fraction of sp³-hybridized carbons (Fsp3) is 0.440. The smallest absolute Gasteiger partial charge is 0.343 e. The van der Waals surface area contributed by atoms with Gasteiger partial charge in [-0.1, -0.05) is 42.5 Å². The highest BCUT2D eigenvalue weighted by atomic mass is 19.4. The number of likely N-dealkylation sites (tertiary alicyclic amines) is 1. The molecule has 2 aliphatic rings. The summed E-state index contributed by atoms with van der Waals surface area (Å²) in [4.78, 5) is 28.8. The van der Waals surface area contributed by atoms with E-state index in [1.807, 2.05) is 23.1 Å². The number of carbonyl (C=O) groups is 2. The minimum atomic E-state index is -4.43. The first-order valence-corrected chi connectivity index (χ1v) is 11.2. The van der Waals surface area contributed by atoms with Crippen molar-refractivity contribution < 1.29 is 22.8 Å². The fourth-order valence-electron chi connectivity index (χ4n) is 5.22. The van der Waals surface area contributed by atoms with Gasteiger partial charge in [-0.2, -0.15) is 13.2 Å². The van der Waals surface area contributed by atoms with Gasteiger partial charge in [0.1, 0.15) is 0 Å². The maximum absolute atomic E-state index is 13.2. The number of fused-ring (bicyclic) bond motifs is 2. The van der Waals surface area contributed by atoms with Gasteiger partial charge in [0.15, 0.2) is 0 Å². The van der Waals surface area contributed by atoms with Crippen LogP contribution in [0.1, 0.15) is 41.5 Å². The monoisotopic (exact) mass is 459 g/mol. The predicted molar refractivity (Wildman–Crippen MR) is 119 cm³/mol. The molecule has 1 fully saturated rings. The Labute approximate surface area is 191 Å². The van der Waals surface area contributed by atoms with Gasteiger partial charge >= 0.3 is 12.2 Å². The van der Waals surface area contributed by atoms with Crippen LogP contribution in [-0.2, 0) is 29.4 Å². The molecule has 33 heavy (non-hydrogen) atoms. The predicted octanol–water partition coefficient (Wildman–Crippen LogP) is 4.35. The lowest BCUT2D eigenvalue weighted by molar-refractivity contribution is -0.139. The molecule has 0 atom stereocenters. The fourth-order valence-corrected chi connectivity index (χ4v) is 5.22. The maximum Gasteiger partial charge on any atom is 0.416 e. The molecule has 2 aromatic carbocycles. The largest absolute Gasteiger partial charge is 0.416 e. The van der Waals surface area contributed by atoms with Gasteiger partial charge in [-0.25, -0.2) is 4.79 Å². The van der Waals surface area contributed by atoms with Crippen LogP contribution in [-0.4, -0.2) is 48.4 Å². The second-order valence-corrected chi connectivity index (χ2v) is 8.88. The first-order chi connectivity index (χ1) is 15.7. The summed E-state index contributed by atoms with van der Waals surface area (Å²) in [5.74, 6) is -0.130. The number of urea groups is 1. The molecule has 4 rings (SSSR count). The zero-order chi connectivity index (χ0) is 23.6. The number of halogens is 3. The van der Waals surface area contributed by atoms with Crippen LogP contribution in [0, 0.1) is 0 Å². The van der Waals surface area contributed by atoms with E-state index in [0.717, 1.165) is 11.6 Å². The van der Waals surface area contributed by atoms with Crippen LogP contribution in [0.2, 0.25) is 0 Å². The highest BCUT2D eigenvalue weighted by Gasteiger charge is 2.43. The van der Waals surface area contributed by atoms with Crippen molar-refractivity contribution in [3.05, 3.63) is 70.8 Å². The number of alkyl halides is 3. The van der Waals surface area contributed by atoms with E-state index < -0.39 is 11.7 Å². The van der Waals surface area contributed by atoms with Crippen molar-refractivity contribution in [2.75, 3.05) is 26.7 Å². The van der Waals surface area contributed by atoms with Crippen LogP contribution in [0.25, 0.3) is 0 Å². The first-order valence-electron chi connectivity index (χ1n) is 11.2. The quantitative estimate of drug-likeness (QED) is 0.742. The molecule has 0 aromatic heterocycles. The average molecular weight is 460 g/mol. The van der Waals surface area contributed by atoms with Crippen molar-refractivity contribution in [2.24, 2.45) is 0 Å². The number of hydrogen-bond donors (Lipinski definition) is 1.